The number of carbonyl (C=O) groups is 3. The number of hydrogen-bond donors (Lipinski definition) is 2. The molecular weight excluding hydrogens is 460 g/mol. The van der Waals surface area contributed by atoms with Crippen LogP contribution in [-0.2, 0) is 26.0 Å². The molecule has 3 rings (SSSR count). The molecule has 34 heavy (non-hydrogen) atoms. The molecule has 0 bridgehead atoms. The zero-order valence-corrected chi connectivity index (χ0v) is 20.6. The summed E-state index contributed by atoms with van der Waals surface area (Å²) in [5, 5.41) is 2.69. The first-order valence-corrected chi connectivity index (χ1v) is 12.5. The van der Waals surface area contributed by atoms with E-state index in [9.17, 15) is 22.8 Å². The molecule has 2 aromatic rings. The Labute approximate surface area is 199 Å². The van der Waals surface area contributed by atoms with Crippen LogP contribution in [0.2, 0.25) is 0 Å². The van der Waals surface area contributed by atoms with Gasteiger partial charge in [0.25, 0.3) is 0 Å². The van der Waals surface area contributed by atoms with Crippen LogP contribution in [0.25, 0.3) is 0 Å². The Morgan fingerprint density at radius 2 is 1.71 bits per heavy atom. The van der Waals surface area contributed by atoms with Gasteiger partial charge >= 0.3 is 5.97 Å². The van der Waals surface area contributed by atoms with Crippen LogP contribution in [-0.4, -0.2) is 80.1 Å². The monoisotopic (exact) mass is 490 g/mol. The number of anilines is 1. The molecular formula is C23H30N4O6S. The average Bonchev–Trinajstić information content (AvgIpc) is 3.14. The van der Waals surface area contributed by atoms with Gasteiger partial charge in [0.05, 0.1) is 29.7 Å². The Balaban J connectivity index is 1.71. The predicted molar refractivity (Wildman–Crippen MR) is 127 cm³/mol. The predicted octanol–water partition coefficient (Wildman–Crippen LogP) is 1.82. The average molecular weight is 491 g/mol. The molecule has 10 nitrogen and oxygen atoms in total. The lowest BCUT2D eigenvalue weighted by molar-refractivity contribution is -0.115. The first kappa shape index (κ1) is 25.6. The van der Waals surface area contributed by atoms with Gasteiger partial charge < -0.3 is 19.9 Å². The van der Waals surface area contributed by atoms with Gasteiger partial charge in [-0.1, -0.05) is 6.92 Å². The number of H-pyrrole nitrogens is 1. The molecule has 1 aromatic heterocycles. The normalized spacial score (nSPS) is 15.2. The summed E-state index contributed by atoms with van der Waals surface area (Å²) in [6.07, 6.45) is -0.194. The number of sulfonamides is 1. The van der Waals surface area contributed by atoms with Crippen molar-refractivity contribution < 1.29 is 27.5 Å². The molecule has 0 spiro atoms. The number of piperazine rings is 1. The highest BCUT2D eigenvalue weighted by Crippen LogP contribution is 2.22. The molecule has 1 aromatic carbocycles. The largest absolute Gasteiger partial charge is 0.465 e. The van der Waals surface area contributed by atoms with Crippen molar-refractivity contribution in [3.05, 3.63) is 46.8 Å². The van der Waals surface area contributed by atoms with Gasteiger partial charge in [-0.2, -0.15) is 4.31 Å². The number of esters is 1. The summed E-state index contributed by atoms with van der Waals surface area (Å²) in [6.45, 7) is 8.19. The minimum absolute atomic E-state index is 0.160. The maximum Gasteiger partial charge on any atom is 0.339 e. The van der Waals surface area contributed by atoms with Crippen molar-refractivity contribution >= 4 is 33.4 Å². The molecule has 0 atom stereocenters. The number of aromatic amines is 1. The molecule has 2 heterocycles. The number of nitrogens with one attached hydrogen (secondary N) is 2. The molecule has 0 saturated carbocycles. The second-order valence-corrected chi connectivity index (χ2v) is 10.1. The van der Waals surface area contributed by atoms with Crippen LogP contribution in [0.3, 0.4) is 0 Å². The van der Waals surface area contributed by atoms with Crippen molar-refractivity contribution in [3.63, 3.8) is 0 Å². The molecule has 1 aliphatic heterocycles. The third-order valence-electron chi connectivity index (χ3n) is 5.96. The van der Waals surface area contributed by atoms with Crippen LogP contribution >= 0.6 is 0 Å². The third-order valence-corrected chi connectivity index (χ3v) is 7.87. The number of hydrogen-bond acceptors (Lipinski definition) is 7. The van der Waals surface area contributed by atoms with Crippen molar-refractivity contribution in [2.24, 2.45) is 0 Å². The summed E-state index contributed by atoms with van der Waals surface area (Å²) in [6, 6.07) is 5.97. The number of methoxy groups -OCH3 is 1. The molecule has 1 saturated heterocycles. The Morgan fingerprint density at radius 3 is 2.24 bits per heavy atom. The lowest BCUT2D eigenvalue weighted by Gasteiger charge is -2.33. The number of ketones is 1. The van der Waals surface area contributed by atoms with E-state index >= 15 is 0 Å². The molecule has 0 aliphatic carbocycles. The molecule has 1 amide bonds. The van der Waals surface area contributed by atoms with Gasteiger partial charge in [0.2, 0.25) is 15.9 Å². The van der Waals surface area contributed by atoms with Crippen molar-refractivity contribution in [2.45, 2.75) is 32.1 Å². The SMILES string of the molecule is CCN1CCN(S(=O)(=O)c2ccc(NC(=O)Cc3[nH]c(C(C)=O)c(C)c3C(=O)OC)cc2)CC1. The van der Waals surface area contributed by atoms with Gasteiger partial charge in [-0.25, -0.2) is 13.2 Å². The van der Waals surface area contributed by atoms with Crippen LogP contribution < -0.4 is 5.32 Å². The van der Waals surface area contributed by atoms with Gasteiger partial charge in [0, 0.05) is 44.5 Å². The number of ether oxygens (including phenoxy) is 1. The second kappa shape index (κ2) is 10.5. The Hall–Kier alpha value is -3.02. The fraction of sp³-hybridized carbons (Fsp3) is 0.435. The van der Waals surface area contributed by atoms with Crippen LogP contribution in [0, 0.1) is 6.92 Å². The summed E-state index contributed by atoms with van der Waals surface area (Å²) in [5.41, 5.74) is 1.52. The summed E-state index contributed by atoms with van der Waals surface area (Å²) in [7, 11) is -2.38. The quantitative estimate of drug-likeness (QED) is 0.427. The number of rotatable bonds is 8. The van der Waals surface area contributed by atoms with Crippen LogP contribution in [0.1, 0.15) is 46.0 Å². The zero-order chi connectivity index (χ0) is 25.0. The number of nitrogens with zero attached hydrogens (tertiary/aromatic N) is 2. The molecule has 1 fully saturated rings. The standard InChI is InChI=1S/C23H30N4O6S/c1-5-26-10-12-27(13-11-26)34(31,32)18-8-6-17(7-9-18)24-20(29)14-19-21(23(30)33-4)15(2)22(25-19)16(3)28/h6-9,25H,5,10-14H2,1-4H3,(H,24,29). The zero-order valence-electron chi connectivity index (χ0n) is 19.8. The van der Waals surface area contributed by atoms with E-state index in [-0.39, 0.29) is 34.1 Å². The lowest BCUT2D eigenvalue weighted by atomic mass is 10.1. The van der Waals surface area contributed by atoms with Crippen LogP contribution in [0.4, 0.5) is 5.69 Å². The number of amides is 1. The minimum Gasteiger partial charge on any atom is -0.465 e. The first-order valence-electron chi connectivity index (χ1n) is 11.0. The maximum atomic E-state index is 12.9. The molecule has 2 N–H and O–H groups in total. The lowest BCUT2D eigenvalue weighted by Crippen LogP contribution is -2.48. The number of benzene rings is 1. The van der Waals surface area contributed by atoms with Crippen LogP contribution in [0.5, 0.6) is 0 Å². The van der Waals surface area contributed by atoms with Crippen molar-refractivity contribution in [2.75, 3.05) is 45.2 Å². The summed E-state index contributed by atoms with van der Waals surface area (Å²) < 4.78 is 32.1. The Kier molecular flexibility index (Phi) is 7.90. The van der Waals surface area contributed by atoms with Crippen molar-refractivity contribution in [1.82, 2.24) is 14.2 Å². The molecule has 0 radical (unpaired) electrons. The highest BCUT2D eigenvalue weighted by atomic mass is 32.2. The van der Waals surface area contributed by atoms with E-state index in [1.807, 2.05) is 6.92 Å². The number of Topliss-reactive ketones (excluding diaryl/α,β-unsaturated/α-hetero) is 1. The fourth-order valence-electron chi connectivity index (χ4n) is 4.03. The van der Waals surface area contributed by atoms with Crippen molar-refractivity contribution in [1.29, 1.82) is 0 Å². The molecule has 0 unspecified atom stereocenters. The fourth-order valence-corrected chi connectivity index (χ4v) is 5.45. The molecule has 184 valence electrons. The molecule has 1 aliphatic rings. The minimum atomic E-state index is -3.61. The maximum absolute atomic E-state index is 12.9. The van der Waals surface area contributed by atoms with Crippen molar-refractivity contribution in [3.8, 4) is 0 Å². The Morgan fingerprint density at radius 1 is 1.09 bits per heavy atom. The molecule has 11 heteroatoms. The topological polar surface area (TPSA) is 129 Å². The van der Waals surface area contributed by atoms with E-state index in [1.54, 1.807) is 6.92 Å². The summed E-state index contributed by atoms with van der Waals surface area (Å²) >= 11 is 0. The third kappa shape index (κ3) is 5.37. The van der Waals surface area contributed by atoms with E-state index < -0.39 is 21.9 Å². The summed E-state index contributed by atoms with van der Waals surface area (Å²) in [4.78, 5) is 41.9. The Bertz CT molecular complexity index is 1180. The van der Waals surface area contributed by atoms with Gasteiger partial charge in [0.15, 0.2) is 5.78 Å². The first-order chi connectivity index (χ1) is 16.1. The number of carbonyl (C=O) groups excluding carboxylic acids is 3. The van der Waals surface area contributed by atoms with E-state index in [2.05, 4.69) is 15.2 Å². The number of aromatic nitrogens is 1. The van der Waals surface area contributed by atoms with Gasteiger partial charge in [-0.05, 0) is 43.3 Å². The summed E-state index contributed by atoms with van der Waals surface area (Å²) in [5.74, 6) is -1.34. The van der Waals surface area contributed by atoms with Gasteiger partial charge in [0.1, 0.15) is 0 Å². The second-order valence-electron chi connectivity index (χ2n) is 8.11. The van der Waals surface area contributed by atoms with Gasteiger partial charge in [-0.3, -0.25) is 9.59 Å². The number of likely N-dealkylation sites (N-methyl/N-ethyl adjacent to an activating group) is 1. The van der Waals surface area contributed by atoms with Crippen LogP contribution in [0.15, 0.2) is 29.2 Å². The highest BCUT2D eigenvalue weighted by molar-refractivity contribution is 7.89. The van der Waals surface area contributed by atoms with Gasteiger partial charge in [-0.15, -0.1) is 0 Å². The van der Waals surface area contributed by atoms with E-state index in [0.29, 0.717) is 37.4 Å². The smallest absolute Gasteiger partial charge is 0.339 e. The van der Waals surface area contributed by atoms with E-state index in [1.165, 1.54) is 42.6 Å². The highest BCUT2D eigenvalue weighted by Gasteiger charge is 2.28. The van der Waals surface area contributed by atoms with E-state index in [4.69, 9.17) is 4.74 Å². The van der Waals surface area contributed by atoms with E-state index in [0.717, 1.165) is 6.54 Å².